The van der Waals surface area contributed by atoms with Gasteiger partial charge in [-0.15, -0.1) is 0 Å². The van der Waals surface area contributed by atoms with Crippen LogP contribution >= 0.6 is 0 Å². The molecule has 2 nitrogen and oxygen atoms in total. The van der Waals surface area contributed by atoms with E-state index in [2.05, 4.69) is 66.1 Å². The molecule has 0 spiro atoms. The highest BCUT2D eigenvalue weighted by molar-refractivity contribution is 5.22. The minimum atomic E-state index is 0.644. The number of unbranched alkanes of at least 4 members (excludes halogenated alkanes) is 13. The van der Waals surface area contributed by atoms with Crippen molar-refractivity contribution in [2.24, 2.45) is 0 Å². The topological polar surface area (TPSA) is 19.7 Å². The number of hydrogen-bond donors (Lipinski definition) is 1. The molecule has 0 unspecified atom stereocenters. The van der Waals surface area contributed by atoms with E-state index in [1.807, 2.05) is 0 Å². The summed E-state index contributed by atoms with van der Waals surface area (Å²) in [6.07, 6.45) is 28.0. The van der Waals surface area contributed by atoms with Gasteiger partial charge in [-0.2, -0.15) is 4.57 Å². The van der Waals surface area contributed by atoms with E-state index >= 15 is 0 Å². The van der Waals surface area contributed by atoms with E-state index in [1.165, 1.54) is 121 Å². The van der Waals surface area contributed by atoms with Crippen LogP contribution in [0.15, 0.2) is 42.7 Å². The van der Waals surface area contributed by atoms with Crippen LogP contribution in [0.2, 0.25) is 0 Å². The molecule has 2 rings (SSSR count). The Morgan fingerprint density at radius 2 is 1.13 bits per heavy atom. The summed E-state index contributed by atoms with van der Waals surface area (Å²) >= 11 is 0. The molecule has 2 heteroatoms. The molecule has 0 aliphatic rings. The van der Waals surface area contributed by atoms with Crippen molar-refractivity contribution in [3.63, 3.8) is 0 Å². The number of nitrogens with zero attached hydrogens (tertiary/aromatic N) is 1. The van der Waals surface area contributed by atoms with E-state index in [0.29, 0.717) is 5.92 Å². The van der Waals surface area contributed by atoms with Gasteiger partial charge in [-0.25, -0.2) is 4.98 Å². The lowest BCUT2D eigenvalue weighted by Crippen LogP contribution is -2.34. The summed E-state index contributed by atoms with van der Waals surface area (Å²) in [5.74, 6) is 2.04. The summed E-state index contributed by atoms with van der Waals surface area (Å²) in [4.78, 5) is 3.60. The average Bonchev–Trinajstić information content (AvgIpc) is 3.29. The second kappa shape index (κ2) is 17.0. The lowest BCUT2D eigenvalue weighted by molar-refractivity contribution is -0.604. The van der Waals surface area contributed by atoms with Gasteiger partial charge in [-0.1, -0.05) is 128 Å². The molecule has 0 radical (unpaired) electrons. The maximum atomic E-state index is 3.60. The Morgan fingerprint density at radius 1 is 0.645 bits per heavy atom. The van der Waals surface area contributed by atoms with Crippen molar-refractivity contribution < 1.29 is 4.57 Å². The summed E-state index contributed by atoms with van der Waals surface area (Å²) in [6.45, 7) is 4.60. The minimum absolute atomic E-state index is 0.644. The number of aromatic nitrogens is 2. The first-order chi connectivity index (χ1) is 15.4. The van der Waals surface area contributed by atoms with Crippen LogP contribution in [-0.2, 0) is 0 Å². The number of imidazole rings is 1. The third-order valence-electron chi connectivity index (χ3n) is 6.70. The van der Waals surface area contributed by atoms with Gasteiger partial charge in [0.2, 0.25) is 0 Å². The van der Waals surface area contributed by atoms with Gasteiger partial charge in [0.15, 0.2) is 0 Å². The lowest BCUT2D eigenvalue weighted by Gasteiger charge is -2.14. The van der Waals surface area contributed by atoms with E-state index in [4.69, 9.17) is 0 Å². The molecular weight excluding hydrogens is 376 g/mol. The Bertz CT molecular complexity index is 646. The molecule has 0 aliphatic heterocycles. The molecule has 1 N–H and O–H groups in total. The first kappa shape index (κ1) is 25.7. The van der Waals surface area contributed by atoms with Gasteiger partial charge in [-0.05, 0) is 25.0 Å². The molecule has 1 aromatic carbocycles. The second-order valence-electron chi connectivity index (χ2n) is 9.42. The molecule has 174 valence electrons. The monoisotopic (exact) mass is 425 g/mol. The van der Waals surface area contributed by atoms with Crippen molar-refractivity contribution in [1.82, 2.24) is 4.98 Å². The minimum Gasteiger partial charge on any atom is -0.247 e. The number of nitrogens with one attached hydrogen (secondary N) is 1. The van der Waals surface area contributed by atoms with Crippen LogP contribution < -0.4 is 4.57 Å². The standard InChI is InChI=1S/C29H48N2/c1-3-5-7-9-10-11-12-13-14-15-18-22-27(21-17-8-6-4-2)29-30-25-26-31(29)28-23-19-16-20-24-28/h16,19-20,23-27H,3-15,17-18,21-22H2,1-2H3/p+1/t27-/m0/s1. The van der Waals surface area contributed by atoms with Crippen LogP contribution in [0.5, 0.6) is 0 Å². The van der Waals surface area contributed by atoms with Gasteiger partial charge in [0, 0.05) is 0 Å². The van der Waals surface area contributed by atoms with Crippen molar-refractivity contribution >= 4 is 0 Å². The van der Waals surface area contributed by atoms with Crippen LogP contribution in [0.25, 0.3) is 5.69 Å². The molecule has 31 heavy (non-hydrogen) atoms. The summed E-state index contributed by atoms with van der Waals surface area (Å²) in [6, 6.07) is 10.8. The number of H-pyrrole nitrogens is 1. The van der Waals surface area contributed by atoms with Crippen LogP contribution in [0, 0.1) is 0 Å². The van der Waals surface area contributed by atoms with Gasteiger partial charge in [0.1, 0.15) is 18.1 Å². The SMILES string of the molecule is CCCCCCCCCCCCC[C@H](CCCCCC)c1[nH]cc[n+]1-c1ccccc1. The highest BCUT2D eigenvalue weighted by atomic mass is 15.1. The fraction of sp³-hybridized carbons (Fsp3) is 0.690. The lowest BCUT2D eigenvalue weighted by atomic mass is 9.93. The molecule has 0 aliphatic carbocycles. The fourth-order valence-corrected chi connectivity index (χ4v) is 4.77. The van der Waals surface area contributed by atoms with E-state index in [0.717, 1.165) is 0 Å². The molecule has 2 aromatic rings. The Morgan fingerprint density at radius 3 is 1.68 bits per heavy atom. The van der Waals surface area contributed by atoms with Crippen molar-refractivity contribution in [3.05, 3.63) is 48.5 Å². The summed E-state index contributed by atoms with van der Waals surface area (Å²) in [5, 5.41) is 0. The van der Waals surface area contributed by atoms with E-state index < -0.39 is 0 Å². The Kier molecular flexibility index (Phi) is 14.1. The van der Waals surface area contributed by atoms with Crippen LogP contribution in [0.4, 0.5) is 0 Å². The normalized spacial score (nSPS) is 12.3. The van der Waals surface area contributed by atoms with Gasteiger partial charge >= 0.3 is 0 Å². The molecule has 0 fully saturated rings. The zero-order chi connectivity index (χ0) is 22.0. The van der Waals surface area contributed by atoms with Crippen molar-refractivity contribution in [1.29, 1.82) is 0 Å². The summed E-state index contributed by atoms with van der Waals surface area (Å²) in [5.41, 5.74) is 1.27. The first-order valence-corrected chi connectivity index (χ1v) is 13.5. The van der Waals surface area contributed by atoms with Crippen LogP contribution in [0.1, 0.15) is 135 Å². The van der Waals surface area contributed by atoms with E-state index in [-0.39, 0.29) is 0 Å². The predicted molar refractivity (Wildman–Crippen MR) is 135 cm³/mol. The number of hydrogen-bond acceptors (Lipinski definition) is 0. The van der Waals surface area contributed by atoms with Crippen LogP contribution in [-0.4, -0.2) is 4.98 Å². The predicted octanol–water partition coefficient (Wildman–Crippen LogP) is 9.05. The van der Waals surface area contributed by atoms with Gasteiger partial charge < -0.3 is 0 Å². The third kappa shape index (κ3) is 10.5. The number of aromatic amines is 1. The molecule has 1 heterocycles. The smallest absolute Gasteiger partial charge is 0.247 e. The highest BCUT2D eigenvalue weighted by Gasteiger charge is 2.23. The number of para-hydroxylation sites is 1. The van der Waals surface area contributed by atoms with Crippen molar-refractivity contribution in [3.8, 4) is 5.69 Å². The molecule has 0 bridgehead atoms. The number of rotatable bonds is 19. The second-order valence-corrected chi connectivity index (χ2v) is 9.42. The first-order valence-electron chi connectivity index (χ1n) is 13.5. The largest absolute Gasteiger partial charge is 0.262 e. The molecular formula is C29H49N2+. The zero-order valence-corrected chi connectivity index (χ0v) is 20.6. The van der Waals surface area contributed by atoms with Gasteiger partial charge in [0.25, 0.3) is 5.82 Å². The zero-order valence-electron chi connectivity index (χ0n) is 20.6. The maximum Gasteiger partial charge on any atom is 0.262 e. The molecule has 1 aromatic heterocycles. The van der Waals surface area contributed by atoms with Gasteiger partial charge in [-0.3, -0.25) is 0 Å². The van der Waals surface area contributed by atoms with Crippen LogP contribution in [0.3, 0.4) is 0 Å². The highest BCUT2D eigenvalue weighted by Crippen LogP contribution is 2.26. The Balaban J connectivity index is 1.75. The van der Waals surface area contributed by atoms with Crippen molar-refractivity contribution in [2.75, 3.05) is 0 Å². The summed E-state index contributed by atoms with van der Waals surface area (Å²) < 4.78 is 2.38. The molecule has 0 saturated heterocycles. The Labute approximate surface area is 192 Å². The molecule has 1 atom stereocenters. The van der Waals surface area contributed by atoms with E-state index in [1.54, 1.807) is 0 Å². The number of benzene rings is 1. The van der Waals surface area contributed by atoms with E-state index in [9.17, 15) is 0 Å². The Hall–Kier alpha value is -1.57. The van der Waals surface area contributed by atoms with Gasteiger partial charge in [0.05, 0.1) is 5.92 Å². The quantitative estimate of drug-likeness (QED) is 0.171. The summed E-state index contributed by atoms with van der Waals surface area (Å²) in [7, 11) is 0. The fourth-order valence-electron chi connectivity index (χ4n) is 4.77. The maximum absolute atomic E-state index is 3.60. The molecule has 0 saturated carbocycles. The third-order valence-corrected chi connectivity index (χ3v) is 6.70. The average molecular weight is 426 g/mol. The molecule has 0 amide bonds. The van der Waals surface area contributed by atoms with Crippen molar-refractivity contribution in [2.45, 2.75) is 129 Å².